The van der Waals surface area contributed by atoms with Gasteiger partial charge in [0.2, 0.25) is 12.6 Å². The lowest BCUT2D eigenvalue weighted by Gasteiger charge is -2.33. The minimum Gasteiger partial charge on any atom is -0.497 e. The molecular formula is C33H39NO11. The molecule has 1 aromatic carbocycles. The molecule has 12 heteroatoms. The molecule has 1 saturated heterocycles. The van der Waals surface area contributed by atoms with Crippen molar-refractivity contribution in [2.45, 2.75) is 81.6 Å². The average molecular weight is 626 g/mol. The van der Waals surface area contributed by atoms with Crippen LogP contribution in [0.4, 0.5) is 0 Å². The molecule has 0 bridgehead atoms. The number of aliphatic hydroxyl groups is 1. The van der Waals surface area contributed by atoms with Gasteiger partial charge in [0, 0.05) is 25.0 Å². The summed E-state index contributed by atoms with van der Waals surface area (Å²) in [4.78, 5) is 41.2. The summed E-state index contributed by atoms with van der Waals surface area (Å²) >= 11 is 0. The molecule has 4 aliphatic rings. The maximum absolute atomic E-state index is 14.0. The number of furan rings is 1. The molecule has 1 N–H and O–H groups in total. The predicted octanol–water partition coefficient (Wildman–Crippen LogP) is 3.65. The third kappa shape index (κ3) is 5.88. The molecule has 1 aliphatic carbocycles. The van der Waals surface area contributed by atoms with E-state index in [-0.39, 0.29) is 43.8 Å². The number of carbonyl (C=O) groups is 3. The van der Waals surface area contributed by atoms with E-state index in [1.807, 2.05) is 12.1 Å². The Labute approximate surface area is 261 Å². The molecule has 45 heavy (non-hydrogen) atoms. The first-order chi connectivity index (χ1) is 21.5. The molecule has 4 heterocycles. The van der Waals surface area contributed by atoms with Crippen molar-refractivity contribution in [2.24, 2.45) is 0 Å². The molecule has 1 fully saturated rings. The highest BCUT2D eigenvalue weighted by Crippen LogP contribution is 2.52. The van der Waals surface area contributed by atoms with Crippen LogP contribution in [-0.4, -0.2) is 85.4 Å². The van der Waals surface area contributed by atoms with Crippen LogP contribution in [0.25, 0.3) is 0 Å². The molecule has 0 spiro atoms. The van der Waals surface area contributed by atoms with Crippen LogP contribution in [0, 0.1) is 0 Å². The van der Waals surface area contributed by atoms with Crippen LogP contribution < -0.4 is 9.47 Å². The Hall–Kier alpha value is -4.03. The summed E-state index contributed by atoms with van der Waals surface area (Å²) in [5, 5.41) is 11.7. The van der Waals surface area contributed by atoms with E-state index in [0.717, 1.165) is 42.6 Å². The number of hydrogen-bond acceptors (Lipinski definition) is 12. The highest BCUT2D eigenvalue weighted by molar-refractivity contribution is 5.87. The van der Waals surface area contributed by atoms with Crippen molar-refractivity contribution in [3.63, 3.8) is 0 Å². The van der Waals surface area contributed by atoms with Crippen molar-refractivity contribution in [3.8, 4) is 11.5 Å². The average Bonchev–Trinajstić information content (AvgIpc) is 3.79. The Bertz CT molecular complexity index is 1500. The fourth-order valence-electron chi connectivity index (χ4n) is 7.10. The quantitative estimate of drug-likeness (QED) is 0.288. The monoisotopic (exact) mass is 625 g/mol. The largest absolute Gasteiger partial charge is 0.497 e. The van der Waals surface area contributed by atoms with Crippen molar-refractivity contribution >= 4 is 17.9 Å². The molecule has 2 aromatic rings. The zero-order valence-corrected chi connectivity index (χ0v) is 26.0. The zero-order valence-electron chi connectivity index (χ0n) is 26.0. The standard InChI is InChI=1S/C33H39NO11/c1-32(2,45-30(36)22-7-5-14-41-22)10-6-11-33(38,17-25(35)39-3)31(37)44-29-26-21-16-24-23(42-18-43-24)15-19(21)8-12-34-13-9-20(27(26)34)28(29)40-4/h5,7,14-16,26-27,29,38H,6,8-13,17-18H2,1-4H3/t26-,27+,29-,33+/m0/s1. The number of esters is 3. The van der Waals surface area contributed by atoms with Gasteiger partial charge in [-0.25, -0.2) is 9.59 Å². The van der Waals surface area contributed by atoms with Crippen molar-refractivity contribution < 1.29 is 52.3 Å². The first-order valence-electron chi connectivity index (χ1n) is 15.2. The zero-order chi connectivity index (χ0) is 31.9. The fourth-order valence-corrected chi connectivity index (χ4v) is 7.10. The number of hydrogen-bond donors (Lipinski definition) is 1. The number of ether oxygens (including phenoxy) is 6. The van der Waals surface area contributed by atoms with E-state index < -0.39 is 41.6 Å². The van der Waals surface area contributed by atoms with Crippen molar-refractivity contribution in [1.82, 2.24) is 4.90 Å². The van der Waals surface area contributed by atoms with Crippen LogP contribution in [-0.2, 0) is 35.0 Å². The predicted molar refractivity (Wildman–Crippen MR) is 157 cm³/mol. The number of methoxy groups -OCH3 is 2. The van der Waals surface area contributed by atoms with Crippen molar-refractivity contribution in [3.05, 3.63) is 58.7 Å². The lowest BCUT2D eigenvalue weighted by molar-refractivity contribution is -0.178. The van der Waals surface area contributed by atoms with Crippen LogP contribution in [0.3, 0.4) is 0 Å². The Morgan fingerprint density at radius 2 is 1.82 bits per heavy atom. The summed E-state index contributed by atoms with van der Waals surface area (Å²) in [7, 11) is 2.75. The van der Waals surface area contributed by atoms with E-state index in [9.17, 15) is 19.5 Å². The lowest BCUT2D eigenvalue weighted by Crippen LogP contribution is -2.46. The highest BCUT2D eigenvalue weighted by Gasteiger charge is 2.55. The number of nitrogens with zero attached hydrogens (tertiary/aromatic N) is 1. The van der Waals surface area contributed by atoms with Crippen LogP contribution in [0.5, 0.6) is 11.5 Å². The van der Waals surface area contributed by atoms with E-state index in [4.69, 9.17) is 32.8 Å². The minimum atomic E-state index is -2.20. The summed E-state index contributed by atoms with van der Waals surface area (Å²) in [5.74, 6) is -0.680. The molecule has 1 aromatic heterocycles. The minimum absolute atomic E-state index is 0.0438. The topological polar surface area (TPSA) is 143 Å². The van der Waals surface area contributed by atoms with Crippen LogP contribution in [0.1, 0.15) is 73.6 Å². The molecule has 242 valence electrons. The summed E-state index contributed by atoms with van der Waals surface area (Å²) < 4.78 is 39.0. The van der Waals surface area contributed by atoms with Gasteiger partial charge in [0.25, 0.3) is 0 Å². The Morgan fingerprint density at radius 1 is 1.07 bits per heavy atom. The third-order valence-electron chi connectivity index (χ3n) is 9.28. The molecule has 4 atom stereocenters. The van der Waals surface area contributed by atoms with E-state index in [2.05, 4.69) is 4.90 Å². The molecule has 12 nitrogen and oxygen atoms in total. The van der Waals surface area contributed by atoms with Crippen LogP contribution >= 0.6 is 0 Å². The van der Waals surface area contributed by atoms with Gasteiger partial charge in [-0.1, -0.05) is 0 Å². The highest BCUT2D eigenvalue weighted by atomic mass is 16.7. The summed E-state index contributed by atoms with van der Waals surface area (Å²) in [6, 6.07) is 7.01. The first kappa shape index (κ1) is 31.0. The molecule has 6 rings (SSSR count). The van der Waals surface area contributed by atoms with Gasteiger partial charge in [-0.05, 0) is 86.9 Å². The van der Waals surface area contributed by atoms with Gasteiger partial charge in [0.15, 0.2) is 23.2 Å². The van der Waals surface area contributed by atoms with Crippen LogP contribution in [0.15, 0.2) is 46.3 Å². The molecule has 0 saturated carbocycles. The van der Waals surface area contributed by atoms with Gasteiger partial charge in [-0.2, -0.15) is 0 Å². The molecular weight excluding hydrogens is 586 g/mol. The third-order valence-corrected chi connectivity index (χ3v) is 9.28. The number of benzene rings is 1. The van der Waals surface area contributed by atoms with E-state index in [1.165, 1.54) is 19.4 Å². The number of carbonyl (C=O) groups excluding carboxylic acids is 3. The number of rotatable bonds is 11. The first-order valence-corrected chi connectivity index (χ1v) is 15.2. The molecule has 0 radical (unpaired) electrons. The lowest BCUT2D eigenvalue weighted by atomic mass is 9.86. The van der Waals surface area contributed by atoms with E-state index in [0.29, 0.717) is 17.3 Å². The Morgan fingerprint density at radius 3 is 2.53 bits per heavy atom. The Balaban J connectivity index is 1.24. The Kier molecular flexibility index (Phi) is 8.30. The van der Waals surface area contributed by atoms with Gasteiger partial charge in [0.1, 0.15) is 11.4 Å². The fraction of sp³-hybridized carbons (Fsp3) is 0.545. The second kappa shape index (κ2) is 12.1. The van der Waals surface area contributed by atoms with Crippen molar-refractivity contribution in [1.29, 1.82) is 0 Å². The van der Waals surface area contributed by atoms with Gasteiger partial charge < -0.3 is 37.9 Å². The number of fused-ring (bicyclic) bond motifs is 3. The smallest absolute Gasteiger partial charge is 0.374 e. The van der Waals surface area contributed by atoms with Gasteiger partial charge in [-0.3, -0.25) is 9.69 Å². The normalized spacial score (nSPS) is 23.1. The van der Waals surface area contributed by atoms with Gasteiger partial charge in [-0.15, -0.1) is 0 Å². The maximum Gasteiger partial charge on any atom is 0.374 e. The maximum atomic E-state index is 14.0. The summed E-state index contributed by atoms with van der Waals surface area (Å²) in [6.07, 6.45) is 1.89. The second-order valence-corrected chi connectivity index (χ2v) is 12.6. The SMILES string of the molecule is COC(=O)C[C@](O)(CCCC(C)(C)OC(=O)c1ccco1)C(=O)O[C@@H]1C(OC)=C2CCN3CCc4cc5c(cc4[C@H]1[C@@H]23)OCO5. The van der Waals surface area contributed by atoms with Gasteiger partial charge in [0.05, 0.1) is 26.9 Å². The molecule has 0 amide bonds. The molecule has 0 unspecified atom stereocenters. The summed E-state index contributed by atoms with van der Waals surface area (Å²) in [5.41, 5.74) is -0.0178. The second-order valence-electron chi connectivity index (χ2n) is 12.6. The van der Waals surface area contributed by atoms with Gasteiger partial charge >= 0.3 is 17.9 Å². The van der Waals surface area contributed by atoms with Crippen molar-refractivity contribution in [2.75, 3.05) is 34.1 Å². The molecule has 3 aliphatic heterocycles. The van der Waals surface area contributed by atoms with Crippen LogP contribution in [0.2, 0.25) is 0 Å². The van der Waals surface area contributed by atoms with E-state index >= 15 is 0 Å². The van der Waals surface area contributed by atoms with E-state index in [1.54, 1.807) is 27.0 Å². The summed E-state index contributed by atoms with van der Waals surface area (Å²) in [6.45, 7) is 5.27.